The van der Waals surface area contributed by atoms with Crippen LogP contribution in [0.3, 0.4) is 0 Å². The van der Waals surface area contributed by atoms with Crippen molar-refractivity contribution < 1.29 is 12.8 Å². The van der Waals surface area contributed by atoms with Crippen molar-refractivity contribution in [3.8, 4) is 0 Å². The lowest BCUT2D eigenvalue weighted by atomic mass is 10.1. The molecule has 1 aromatic carbocycles. The summed E-state index contributed by atoms with van der Waals surface area (Å²) in [6.07, 6.45) is 9.34. The molecule has 0 spiro atoms. The number of fused-ring (bicyclic) bond motifs is 1. The number of likely N-dealkylation sites (tertiary alicyclic amines) is 1. The first-order valence-corrected chi connectivity index (χ1v) is 11.3. The predicted octanol–water partition coefficient (Wildman–Crippen LogP) is 4.07. The minimum Gasteiger partial charge on any atom is -0.285 e. The summed E-state index contributed by atoms with van der Waals surface area (Å²) in [5.74, 6) is -0.562. The highest BCUT2D eigenvalue weighted by atomic mass is 32.2. The molecule has 1 saturated carbocycles. The molecule has 3 aromatic rings. The van der Waals surface area contributed by atoms with Gasteiger partial charge >= 0.3 is 0 Å². The highest BCUT2D eigenvalue weighted by molar-refractivity contribution is 7.90. The molecule has 2 aliphatic rings. The number of pyridine rings is 1. The Morgan fingerprint density at radius 3 is 2.57 bits per heavy atom. The second-order valence-corrected chi connectivity index (χ2v) is 9.73. The number of hydrogen-bond donors (Lipinski definition) is 0. The monoisotopic (exact) mass is 400 g/mol. The summed E-state index contributed by atoms with van der Waals surface area (Å²) in [4.78, 5) is 4.54. The highest BCUT2D eigenvalue weighted by Gasteiger charge is 2.49. The van der Waals surface area contributed by atoms with Gasteiger partial charge < -0.3 is 0 Å². The topological polar surface area (TPSA) is 52.0 Å². The van der Waals surface area contributed by atoms with Crippen molar-refractivity contribution in [3.63, 3.8) is 0 Å². The minimum absolute atomic E-state index is 0.0450. The molecule has 1 aliphatic carbocycles. The molecular weight excluding hydrogens is 377 g/mol. The SMILES string of the molecule is O=S(=O)(c1cccc(F)c1)n1cc([N+]2(C3CC3)CCCCC2)c2ncccc21. The highest BCUT2D eigenvalue weighted by Crippen LogP contribution is 2.45. The molecule has 0 radical (unpaired) electrons. The third kappa shape index (κ3) is 2.68. The molecule has 2 fully saturated rings. The number of rotatable bonds is 4. The molecule has 0 amide bonds. The van der Waals surface area contributed by atoms with Gasteiger partial charge in [-0.05, 0) is 49.6 Å². The van der Waals surface area contributed by atoms with Crippen molar-refractivity contribution in [2.45, 2.75) is 43.0 Å². The van der Waals surface area contributed by atoms with E-state index < -0.39 is 15.8 Å². The molecular formula is C21H23FN3O2S+. The fraction of sp³-hybridized carbons (Fsp3) is 0.381. The van der Waals surface area contributed by atoms with Gasteiger partial charge in [-0.2, -0.15) is 0 Å². The lowest BCUT2D eigenvalue weighted by Crippen LogP contribution is -2.54. The second-order valence-electron chi connectivity index (χ2n) is 7.92. The van der Waals surface area contributed by atoms with Crippen LogP contribution in [0.4, 0.5) is 10.1 Å². The van der Waals surface area contributed by atoms with Gasteiger partial charge in [0.2, 0.25) is 0 Å². The largest absolute Gasteiger partial charge is 0.285 e. The average Bonchev–Trinajstić information content (AvgIpc) is 3.49. The maximum Gasteiger partial charge on any atom is 0.268 e. The van der Waals surface area contributed by atoms with Gasteiger partial charge in [0, 0.05) is 19.0 Å². The van der Waals surface area contributed by atoms with Gasteiger partial charge in [0.25, 0.3) is 10.0 Å². The minimum atomic E-state index is -3.91. The van der Waals surface area contributed by atoms with Crippen LogP contribution in [-0.4, -0.2) is 36.5 Å². The summed E-state index contributed by atoms with van der Waals surface area (Å²) in [5, 5.41) is 0. The van der Waals surface area contributed by atoms with Crippen LogP contribution in [0.1, 0.15) is 32.1 Å². The maximum atomic E-state index is 13.7. The Hall–Kier alpha value is -2.25. The summed E-state index contributed by atoms with van der Waals surface area (Å²) < 4.78 is 42.5. The van der Waals surface area contributed by atoms with Crippen molar-refractivity contribution in [2.75, 3.05) is 13.1 Å². The Kier molecular flexibility index (Phi) is 4.07. The fourth-order valence-corrected chi connectivity index (χ4v) is 6.11. The quantitative estimate of drug-likeness (QED) is 0.621. The molecule has 0 bridgehead atoms. The third-order valence-electron chi connectivity index (χ3n) is 6.20. The van der Waals surface area contributed by atoms with Crippen molar-refractivity contribution in [3.05, 3.63) is 54.6 Å². The van der Waals surface area contributed by atoms with E-state index in [1.54, 1.807) is 24.5 Å². The molecule has 0 N–H and O–H groups in total. The normalized spacial score (nSPS) is 19.8. The van der Waals surface area contributed by atoms with Crippen molar-refractivity contribution in [2.24, 2.45) is 0 Å². The Morgan fingerprint density at radius 2 is 1.86 bits per heavy atom. The number of nitrogens with zero attached hydrogens (tertiary/aromatic N) is 3. The van der Waals surface area contributed by atoms with E-state index in [4.69, 9.17) is 0 Å². The average molecular weight is 400 g/mol. The lowest BCUT2D eigenvalue weighted by Gasteiger charge is -2.40. The molecule has 5 rings (SSSR count). The number of quaternary nitrogens is 1. The van der Waals surface area contributed by atoms with Crippen LogP contribution in [0.5, 0.6) is 0 Å². The standard InChI is InChI=1S/C21H23FN3O2S/c22-16-6-4-7-18(14-16)28(26,27)24-15-20(21-19(24)8-5-11-23-21)25(17-9-10-17)12-2-1-3-13-25/h4-8,11,14-15,17H,1-3,9-10,12-13H2/q+1. The summed E-state index contributed by atoms with van der Waals surface area (Å²) in [6, 6.07) is 9.28. The van der Waals surface area contributed by atoms with Gasteiger partial charge in [-0.25, -0.2) is 21.8 Å². The van der Waals surface area contributed by atoms with Crippen molar-refractivity contribution in [1.29, 1.82) is 0 Å². The van der Waals surface area contributed by atoms with Crippen LogP contribution in [0, 0.1) is 5.82 Å². The fourth-order valence-electron chi connectivity index (χ4n) is 4.73. The second kappa shape index (κ2) is 6.39. The van der Waals surface area contributed by atoms with Gasteiger partial charge in [-0.1, -0.05) is 6.07 Å². The molecule has 5 nitrogen and oxygen atoms in total. The zero-order valence-corrected chi connectivity index (χ0v) is 16.4. The van der Waals surface area contributed by atoms with Crippen LogP contribution in [-0.2, 0) is 10.0 Å². The summed E-state index contributed by atoms with van der Waals surface area (Å²) in [6.45, 7) is 2.06. The summed E-state index contributed by atoms with van der Waals surface area (Å²) >= 11 is 0. The molecule has 1 saturated heterocycles. The maximum absolute atomic E-state index is 13.7. The van der Waals surface area contributed by atoms with Crippen LogP contribution in [0.2, 0.25) is 0 Å². The number of halogens is 1. The van der Waals surface area contributed by atoms with E-state index in [0.29, 0.717) is 11.6 Å². The van der Waals surface area contributed by atoms with Gasteiger partial charge in [-0.3, -0.25) is 4.48 Å². The van der Waals surface area contributed by atoms with Crippen LogP contribution in [0.25, 0.3) is 11.0 Å². The molecule has 2 aromatic heterocycles. The first-order valence-electron chi connectivity index (χ1n) is 9.87. The Balaban J connectivity index is 1.74. The predicted molar refractivity (Wildman–Crippen MR) is 107 cm³/mol. The molecule has 146 valence electrons. The van der Waals surface area contributed by atoms with E-state index in [1.165, 1.54) is 41.4 Å². The number of hydrogen-bond acceptors (Lipinski definition) is 3. The summed E-state index contributed by atoms with van der Waals surface area (Å²) in [5.41, 5.74) is 2.31. The zero-order valence-electron chi connectivity index (χ0n) is 15.6. The van der Waals surface area contributed by atoms with Crippen LogP contribution in [0.15, 0.2) is 53.7 Å². The van der Waals surface area contributed by atoms with E-state index in [-0.39, 0.29) is 4.90 Å². The van der Waals surface area contributed by atoms with E-state index >= 15 is 0 Å². The van der Waals surface area contributed by atoms with E-state index in [0.717, 1.165) is 47.7 Å². The molecule has 1 aliphatic heterocycles. The van der Waals surface area contributed by atoms with Crippen molar-refractivity contribution >= 4 is 26.7 Å². The number of aromatic nitrogens is 2. The number of piperidine rings is 1. The van der Waals surface area contributed by atoms with Gasteiger partial charge in [-0.15, -0.1) is 0 Å². The van der Waals surface area contributed by atoms with Crippen LogP contribution >= 0.6 is 0 Å². The van der Waals surface area contributed by atoms with E-state index in [2.05, 4.69) is 4.98 Å². The van der Waals surface area contributed by atoms with Gasteiger partial charge in [0.05, 0.1) is 35.7 Å². The molecule has 28 heavy (non-hydrogen) atoms. The first-order chi connectivity index (χ1) is 13.5. The van der Waals surface area contributed by atoms with Gasteiger partial charge in [0.1, 0.15) is 5.82 Å². The third-order valence-corrected chi connectivity index (χ3v) is 7.87. The number of benzene rings is 1. The van der Waals surface area contributed by atoms with E-state index in [1.807, 2.05) is 0 Å². The van der Waals surface area contributed by atoms with Crippen molar-refractivity contribution in [1.82, 2.24) is 13.4 Å². The smallest absolute Gasteiger partial charge is 0.268 e. The Bertz CT molecular complexity index is 1150. The molecule has 3 heterocycles. The van der Waals surface area contributed by atoms with E-state index in [9.17, 15) is 12.8 Å². The molecule has 0 atom stereocenters. The molecule has 7 heteroatoms. The first kappa shape index (κ1) is 17.8. The Labute approximate surface area is 164 Å². The lowest BCUT2D eigenvalue weighted by molar-refractivity contribution is 0.221. The van der Waals surface area contributed by atoms with Crippen LogP contribution < -0.4 is 4.48 Å². The van der Waals surface area contributed by atoms with Gasteiger partial charge in [0.15, 0.2) is 11.2 Å². The Morgan fingerprint density at radius 1 is 1.07 bits per heavy atom. The zero-order chi connectivity index (χ0) is 19.4. The summed E-state index contributed by atoms with van der Waals surface area (Å²) in [7, 11) is -3.91. The molecule has 0 unspecified atom stereocenters.